The van der Waals surface area contributed by atoms with Gasteiger partial charge in [0.15, 0.2) is 0 Å². The van der Waals surface area contributed by atoms with Crippen LogP contribution in [0.1, 0.15) is 31.7 Å². The molecule has 20 heavy (non-hydrogen) atoms. The predicted molar refractivity (Wildman–Crippen MR) is 84.4 cm³/mol. The van der Waals surface area contributed by atoms with Gasteiger partial charge < -0.3 is 5.32 Å². The number of likely N-dealkylation sites (N-methyl/N-ethyl adjacent to an activating group) is 1. The molecule has 0 saturated heterocycles. The summed E-state index contributed by atoms with van der Waals surface area (Å²) in [6, 6.07) is 2.89. The van der Waals surface area contributed by atoms with Crippen LogP contribution in [0.15, 0.2) is 22.9 Å². The topological polar surface area (TPSA) is 24.9 Å². The van der Waals surface area contributed by atoms with Crippen molar-refractivity contribution in [3.63, 3.8) is 0 Å². The molecule has 2 nitrogen and oxygen atoms in total. The average Bonchev–Trinajstić information content (AvgIpc) is 2.86. The van der Waals surface area contributed by atoms with Crippen molar-refractivity contribution in [2.24, 2.45) is 29.6 Å². The van der Waals surface area contributed by atoms with Gasteiger partial charge in [-0.15, -0.1) is 0 Å². The lowest BCUT2D eigenvalue weighted by molar-refractivity contribution is 0.365. The first-order valence-electron chi connectivity index (χ1n) is 8.10. The zero-order valence-electron chi connectivity index (χ0n) is 12.1. The van der Waals surface area contributed by atoms with E-state index in [-0.39, 0.29) is 0 Å². The number of hydrogen-bond donors (Lipinski definition) is 1. The molecule has 2 bridgehead atoms. The molecular weight excluding hydrogens is 312 g/mol. The summed E-state index contributed by atoms with van der Waals surface area (Å²) in [5, 5.41) is 3.77. The summed E-state index contributed by atoms with van der Waals surface area (Å²) >= 11 is 3.54. The standard InChI is InChI=1S/C17H23BrN2/c1-2-20-14(6-10-5-13(18)9-19-8-10)17-15-11-3-4-12(7-11)16(15)17/h5,8-9,11-12,14-17,20H,2-4,6-7H2,1H3. The SMILES string of the molecule is CCNC(Cc1cncc(Br)c1)C1C2C3CCC(C3)C21. The molecule has 3 fully saturated rings. The van der Waals surface area contributed by atoms with Crippen molar-refractivity contribution in [2.75, 3.05) is 6.54 Å². The number of halogens is 1. The molecule has 5 unspecified atom stereocenters. The van der Waals surface area contributed by atoms with Gasteiger partial charge in [-0.1, -0.05) is 6.92 Å². The Morgan fingerprint density at radius 3 is 2.70 bits per heavy atom. The molecule has 0 aromatic carbocycles. The minimum absolute atomic E-state index is 0.662. The van der Waals surface area contributed by atoms with E-state index < -0.39 is 0 Å². The van der Waals surface area contributed by atoms with Crippen LogP contribution in [0.25, 0.3) is 0 Å². The van der Waals surface area contributed by atoms with Crippen molar-refractivity contribution in [1.29, 1.82) is 0 Å². The lowest BCUT2D eigenvalue weighted by Gasteiger charge is -2.21. The van der Waals surface area contributed by atoms with Crippen LogP contribution in [0.5, 0.6) is 0 Å². The van der Waals surface area contributed by atoms with Crippen LogP contribution in [-0.2, 0) is 6.42 Å². The summed E-state index contributed by atoms with van der Waals surface area (Å²) in [6.45, 7) is 3.32. The monoisotopic (exact) mass is 334 g/mol. The largest absolute Gasteiger partial charge is 0.314 e. The fourth-order valence-corrected chi connectivity index (χ4v) is 5.77. The van der Waals surface area contributed by atoms with E-state index >= 15 is 0 Å². The third-order valence-corrected chi connectivity index (χ3v) is 6.38. The predicted octanol–water partition coefficient (Wildman–Crippen LogP) is 3.66. The first-order valence-corrected chi connectivity index (χ1v) is 8.90. The zero-order chi connectivity index (χ0) is 13.7. The average molecular weight is 335 g/mol. The van der Waals surface area contributed by atoms with Crippen LogP contribution >= 0.6 is 15.9 Å². The maximum Gasteiger partial charge on any atom is 0.0410 e. The summed E-state index contributed by atoms with van der Waals surface area (Å²) in [5.41, 5.74) is 1.36. The normalized spacial score (nSPS) is 38.8. The summed E-state index contributed by atoms with van der Waals surface area (Å²) in [6.07, 6.45) is 9.61. The molecule has 108 valence electrons. The van der Waals surface area contributed by atoms with Crippen LogP contribution in [0.4, 0.5) is 0 Å². The van der Waals surface area contributed by atoms with Crippen LogP contribution < -0.4 is 5.32 Å². The van der Waals surface area contributed by atoms with Gasteiger partial charge in [0.2, 0.25) is 0 Å². The molecule has 5 atom stereocenters. The van der Waals surface area contributed by atoms with Gasteiger partial charge in [-0.25, -0.2) is 0 Å². The van der Waals surface area contributed by atoms with Crippen molar-refractivity contribution in [3.8, 4) is 0 Å². The number of rotatable bonds is 5. The summed E-state index contributed by atoms with van der Waals surface area (Å²) in [5.74, 6) is 5.18. The van der Waals surface area contributed by atoms with Gasteiger partial charge in [0.25, 0.3) is 0 Å². The smallest absolute Gasteiger partial charge is 0.0410 e. The minimum atomic E-state index is 0.662. The van der Waals surface area contributed by atoms with Gasteiger partial charge in [-0.05, 0) is 89.4 Å². The van der Waals surface area contributed by atoms with Crippen LogP contribution in [0, 0.1) is 29.6 Å². The highest BCUT2D eigenvalue weighted by atomic mass is 79.9. The summed E-state index contributed by atoms with van der Waals surface area (Å²) < 4.78 is 1.10. The molecular formula is C17H23BrN2. The Labute approximate surface area is 129 Å². The fourth-order valence-electron chi connectivity index (χ4n) is 5.36. The first-order chi connectivity index (χ1) is 9.78. The van der Waals surface area contributed by atoms with Gasteiger partial charge in [0.1, 0.15) is 0 Å². The van der Waals surface area contributed by atoms with E-state index in [0.29, 0.717) is 6.04 Å². The van der Waals surface area contributed by atoms with Gasteiger partial charge in [-0.2, -0.15) is 0 Å². The Morgan fingerprint density at radius 1 is 1.30 bits per heavy atom. The van der Waals surface area contributed by atoms with Gasteiger partial charge in [0.05, 0.1) is 0 Å². The molecule has 4 rings (SSSR count). The maximum absolute atomic E-state index is 4.32. The van der Waals surface area contributed by atoms with E-state index in [9.17, 15) is 0 Å². The second-order valence-electron chi connectivity index (χ2n) is 6.94. The third kappa shape index (κ3) is 2.14. The molecule has 1 aromatic rings. The molecule has 0 radical (unpaired) electrons. The number of pyridine rings is 1. The molecule has 3 aliphatic rings. The Kier molecular flexibility index (Phi) is 3.38. The van der Waals surface area contributed by atoms with Crippen molar-refractivity contribution in [3.05, 3.63) is 28.5 Å². The lowest BCUT2D eigenvalue weighted by Crippen LogP contribution is -2.35. The van der Waals surface area contributed by atoms with Gasteiger partial charge in [-0.3, -0.25) is 4.98 Å². The molecule has 0 spiro atoms. The van der Waals surface area contributed by atoms with Crippen molar-refractivity contribution >= 4 is 15.9 Å². The van der Waals surface area contributed by atoms with Crippen LogP contribution in [-0.4, -0.2) is 17.6 Å². The summed E-state index contributed by atoms with van der Waals surface area (Å²) in [4.78, 5) is 4.32. The highest BCUT2D eigenvalue weighted by Gasteiger charge is 2.66. The Hall–Kier alpha value is -0.410. The van der Waals surface area contributed by atoms with E-state index in [1.54, 1.807) is 6.42 Å². The maximum atomic E-state index is 4.32. The Morgan fingerprint density at radius 2 is 2.05 bits per heavy atom. The van der Waals surface area contributed by atoms with Crippen LogP contribution in [0.3, 0.4) is 0 Å². The first kappa shape index (κ1) is 13.3. The molecule has 1 aromatic heterocycles. The zero-order valence-corrected chi connectivity index (χ0v) is 13.6. The van der Waals surface area contributed by atoms with Crippen LogP contribution in [0.2, 0.25) is 0 Å². The molecule has 3 heteroatoms. The molecule has 3 aliphatic carbocycles. The van der Waals surface area contributed by atoms with Gasteiger partial charge in [0, 0.05) is 22.9 Å². The molecule has 1 heterocycles. The molecule has 3 saturated carbocycles. The molecule has 0 amide bonds. The second-order valence-corrected chi connectivity index (χ2v) is 7.86. The molecule has 1 N–H and O–H groups in total. The number of nitrogens with zero attached hydrogens (tertiary/aromatic N) is 1. The Bertz CT molecular complexity index is 488. The van der Waals surface area contributed by atoms with E-state index in [1.807, 2.05) is 12.4 Å². The van der Waals surface area contributed by atoms with Gasteiger partial charge >= 0.3 is 0 Å². The van der Waals surface area contributed by atoms with E-state index in [2.05, 4.69) is 39.2 Å². The minimum Gasteiger partial charge on any atom is -0.314 e. The number of nitrogens with one attached hydrogen (secondary N) is 1. The number of hydrogen-bond acceptors (Lipinski definition) is 2. The van der Waals surface area contributed by atoms with Crippen molar-refractivity contribution < 1.29 is 0 Å². The van der Waals surface area contributed by atoms with Crippen molar-refractivity contribution in [1.82, 2.24) is 10.3 Å². The number of fused-ring (bicyclic) bond motifs is 5. The van der Waals surface area contributed by atoms with E-state index in [1.165, 1.54) is 18.4 Å². The third-order valence-electron chi connectivity index (χ3n) is 5.94. The number of aromatic nitrogens is 1. The Balaban J connectivity index is 1.49. The van der Waals surface area contributed by atoms with Crippen molar-refractivity contribution in [2.45, 2.75) is 38.6 Å². The highest BCUT2D eigenvalue weighted by Crippen LogP contribution is 2.70. The highest BCUT2D eigenvalue weighted by molar-refractivity contribution is 9.10. The lowest BCUT2D eigenvalue weighted by atomic mass is 9.93. The quantitative estimate of drug-likeness (QED) is 0.888. The van der Waals surface area contributed by atoms with E-state index in [0.717, 1.165) is 47.0 Å². The fraction of sp³-hybridized carbons (Fsp3) is 0.706. The van der Waals surface area contributed by atoms with E-state index in [4.69, 9.17) is 0 Å². The second kappa shape index (κ2) is 5.10. The molecule has 0 aliphatic heterocycles. The summed E-state index contributed by atoms with van der Waals surface area (Å²) in [7, 11) is 0.